The molecule has 0 aliphatic carbocycles. The first-order chi connectivity index (χ1) is 24.2. The molecule has 49 heavy (non-hydrogen) atoms. The number of hydrogen-bond donors (Lipinski definition) is 1. The number of rotatable bonds is 13. The lowest BCUT2D eigenvalue weighted by Crippen LogP contribution is -2.30. The number of aliphatic hydroxyl groups excluding tert-OH is 1. The van der Waals surface area contributed by atoms with E-state index in [-0.39, 0.29) is 0 Å². The van der Waals surface area contributed by atoms with Crippen LogP contribution in [0.15, 0.2) is 152 Å². The smallest absolute Gasteiger partial charge is 0.162 e. The summed E-state index contributed by atoms with van der Waals surface area (Å²) in [6.45, 7) is 1.54. The Labute approximate surface area is 287 Å². The van der Waals surface area contributed by atoms with Crippen LogP contribution in [0.2, 0.25) is 0 Å². The van der Waals surface area contributed by atoms with Crippen LogP contribution in [0.25, 0.3) is 0 Å². The van der Waals surface area contributed by atoms with Gasteiger partial charge in [0.25, 0.3) is 0 Å². The normalized spacial score (nSPS) is 15.0. The predicted octanol–water partition coefficient (Wildman–Crippen LogP) is 9.04. The Hall–Kier alpha value is -5.72. The van der Waals surface area contributed by atoms with E-state index in [1.807, 2.05) is 152 Å². The number of hydrogen-bond acceptors (Lipinski definition) is 6. The minimum atomic E-state index is -0.833. The molecule has 0 aromatic heterocycles. The molecule has 0 saturated carbocycles. The lowest BCUT2D eigenvalue weighted by molar-refractivity contribution is 0.0192. The Morgan fingerprint density at radius 2 is 0.959 bits per heavy atom. The Kier molecular flexibility index (Phi) is 10.0. The second-order valence-electron chi connectivity index (χ2n) is 12.0. The quantitative estimate of drug-likeness (QED) is 0.135. The SMILES string of the molecule is O[C@@H]1Cc2c(OCc3ccccc3)cc(OCc3ccccc3)cc2O[C@H]1c1ccc(OCc2ccccc2)c(OCc2ccccc2)c1. The van der Waals surface area contributed by atoms with Crippen molar-refractivity contribution in [2.24, 2.45) is 0 Å². The van der Waals surface area contributed by atoms with Crippen molar-refractivity contribution in [3.05, 3.63) is 185 Å². The first-order valence-electron chi connectivity index (χ1n) is 16.5. The maximum Gasteiger partial charge on any atom is 0.162 e. The molecule has 0 radical (unpaired) electrons. The van der Waals surface area contributed by atoms with Gasteiger partial charge < -0.3 is 28.8 Å². The van der Waals surface area contributed by atoms with Crippen LogP contribution in [-0.2, 0) is 32.8 Å². The maximum absolute atomic E-state index is 11.5. The largest absolute Gasteiger partial charge is 0.489 e. The van der Waals surface area contributed by atoms with E-state index in [0.717, 1.165) is 33.4 Å². The summed E-state index contributed by atoms with van der Waals surface area (Å²) in [5, 5.41) is 11.5. The van der Waals surface area contributed by atoms with Crippen molar-refractivity contribution in [1.82, 2.24) is 0 Å². The molecule has 246 valence electrons. The average molecular weight is 651 g/mol. The van der Waals surface area contributed by atoms with Crippen LogP contribution in [0, 0.1) is 0 Å². The highest BCUT2D eigenvalue weighted by Crippen LogP contribution is 2.44. The van der Waals surface area contributed by atoms with Gasteiger partial charge in [0.15, 0.2) is 11.5 Å². The zero-order valence-electron chi connectivity index (χ0n) is 27.1. The second-order valence-corrected chi connectivity index (χ2v) is 12.0. The van der Waals surface area contributed by atoms with Crippen molar-refractivity contribution >= 4 is 0 Å². The monoisotopic (exact) mass is 650 g/mol. The molecule has 0 amide bonds. The molecule has 1 aliphatic heterocycles. The molecule has 1 N–H and O–H groups in total. The van der Waals surface area contributed by atoms with Crippen molar-refractivity contribution in [3.8, 4) is 28.7 Å². The number of aliphatic hydroxyl groups is 1. The zero-order chi connectivity index (χ0) is 33.3. The van der Waals surface area contributed by atoms with Crippen LogP contribution in [0.1, 0.15) is 39.5 Å². The fraction of sp³-hybridized carbons (Fsp3) is 0.163. The van der Waals surface area contributed by atoms with E-state index in [4.69, 9.17) is 23.7 Å². The highest BCUT2D eigenvalue weighted by atomic mass is 16.5. The molecule has 0 unspecified atom stereocenters. The van der Waals surface area contributed by atoms with Crippen LogP contribution >= 0.6 is 0 Å². The van der Waals surface area contributed by atoms with E-state index in [2.05, 4.69) is 0 Å². The molecular weight excluding hydrogens is 612 g/mol. The molecule has 6 aromatic rings. The predicted molar refractivity (Wildman–Crippen MR) is 189 cm³/mol. The first kappa shape index (κ1) is 31.9. The van der Waals surface area contributed by atoms with Gasteiger partial charge in [-0.05, 0) is 39.9 Å². The Morgan fingerprint density at radius 3 is 1.49 bits per heavy atom. The van der Waals surface area contributed by atoms with Gasteiger partial charge in [0.05, 0.1) is 6.10 Å². The van der Waals surface area contributed by atoms with Gasteiger partial charge in [0.1, 0.15) is 49.8 Å². The summed E-state index contributed by atoms with van der Waals surface area (Å²) in [6, 6.07) is 49.5. The maximum atomic E-state index is 11.5. The molecule has 0 spiro atoms. The van der Waals surface area contributed by atoms with Crippen LogP contribution in [0.4, 0.5) is 0 Å². The van der Waals surface area contributed by atoms with E-state index in [0.29, 0.717) is 61.6 Å². The third-order valence-corrected chi connectivity index (χ3v) is 8.41. The summed E-state index contributed by atoms with van der Waals surface area (Å²) in [7, 11) is 0. The highest BCUT2D eigenvalue weighted by molar-refractivity contribution is 5.53. The molecule has 0 saturated heterocycles. The van der Waals surface area contributed by atoms with E-state index in [9.17, 15) is 5.11 Å². The summed E-state index contributed by atoms with van der Waals surface area (Å²) < 4.78 is 31.7. The van der Waals surface area contributed by atoms with Crippen LogP contribution in [0.5, 0.6) is 28.7 Å². The Bertz CT molecular complexity index is 1930. The van der Waals surface area contributed by atoms with Crippen molar-refractivity contribution in [2.75, 3.05) is 0 Å². The van der Waals surface area contributed by atoms with Crippen LogP contribution < -0.4 is 23.7 Å². The Balaban J connectivity index is 1.16. The second kappa shape index (κ2) is 15.5. The summed E-state index contributed by atoms with van der Waals surface area (Å²) in [5.74, 6) is 3.05. The average Bonchev–Trinajstić information content (AvgIpc) is 3.16. The van der Waals surface area contributed by atoms with E-state index in [1.54, 1.807) is 0 Å². The van der Waals surface area contributed by atoms with Crippen LogP contribution in [0.3, 0.4) is 0 Å². The summed E-state index contributed by atoms with van der Waals surface area (Å²) in [4.78, 5) is 0. The lowest BCUT2D eigenvalue weighted by Gasteiger charge is -2.32. The van der Waals surface area contributed by atoms with E-state index >= 15 is 0 Å². The summed E-state index contributed by atoms with van der Waals surface area (Å²) in [6.07, 6.45) is -1.14. The molecule has 6 heteroatoms. The third-order valence-electron chi connectivity index (χ3n) is 8.41. The van der Waals surface area contributed by atoms with Crippen LogP contribution in [-0.4, -0.2) is 11.2 Å². The van der Waals surface area contributed by atoms with Gasteiger partial charge in [-0.1, -0.05) is 127 Å². The fourth-order valence-electron chi connectivity index (χ4n) is 5.82. The number of benzene rings is 6. The standard InChI is InChI=1S/C43H38O6/c44-38-26-37-40(47-29-33-17-9-3-10-18-33)24-36(45-27-31-13-5-1-6-14-31)25-41(37)49-43(38)35-21-22-39(46-28-32-15-7-2-8-16-32)42(23-35)48-30-34-19-11-4-12-20-34/h1-25,38,43-44H,26-30H2/t38-,43+/m1/s1. The van der Waals surface area contributed by atoms with Gasteiger partial charge in [-0.2, -0.15) is 0 Å². The van der Waals surface area contributed by atoms with Gasteiger partial charge in [0.2, 0.25) is 0 Å². The van der Waals surface area contributed by atoms with Gasteiger partial charge in [0, 0.05) is 24.1 Å². The lowest BCUT2D eigenvalue weighted by atomic mass is 9.93. The highest BCUT2D eigenvalue weighted by Gasteiger charge is 2.33. The Morgan fingerprint density at radius 1 is 0.490 bits per heavy atom. The van der Waals surface area contributed by atoms with Crippen molar-refractivity contribution in [1.29, 1.82) is 0 Å². The van der Waals surface area contributed by atoms with Crippen molar-refractivity contribution < 1.29 is 28.8 Å². The van der Waals surface area contributed by atoms with Gasteiger partial charge in [-0.15, -0.1) is 0 Å². The molecule has 6 nitrogen and oxygen atoms in total. The number of fused-ring (bicyclic) bond motifs is 1. The van der Waals surface area contributed by atoms with Crippen molar-refractivity contribution in [2.45, 2.75) is 45.1 Å². The van der Waals surface area contributed by atoms with E-state index < -0.39 is 12.2 Å². The molecule has 6 aromatic carbocycles. The summed E-state index contributed by atoms with van der Waals surface area (Å²) in [5.41, 5.74) is 5.76. The first-order valence-corrected chi connectivity index (χ1v) is 16.5. The minimum absolute atomic E-state index is 0.343. The molecule has 1 aliphatic rings. The van der Waals surface area contributed by atoms with Gasteiger partial charge in [-0.3, -0.25) is 0 Å². The third kappa shape index (κ3) is 8.23. The topological polar surface area (TPSA) is 66.4 Å². The zero-order valence-corrected chi connectivity index (χ0v) is 27.1. The van der Waals surface area contributed by atoms with Gasteiger partial charge >= 0.3 is 0 Å². The van der Waals surface area contributed by atoms with Gasteiger partial charge in [-0.25, -0.2) is 0 Å². The molecule has 0 fully saturated rings. The fourth-order valence-corrected chi connectivity index (χ4v) is 5.82. The number of ether oxygens (including phenoxy) is 5. The van der Waals surface area contributed by atoms with E-state index in [1.165, 1.54) is 0 Å². The molecule has 2 atom stereocenters. The van der Waals surface area contributed by atoms with Crippen molar-refractivity contribution in [3.63, 3.8) is 0 Å². The molecule has 1 heterocycles. The molecule has 0 bridgehead atoms. The summed E-state index contributed by atoms with van der Waals surface area (Å²) >= 11 is 0. The molecular formula is C43H38O6. The minimum Gasteiger partial charge on any atom is -0.489 e. The molecule has 7 rings (SSSR count).